The lowest BCUT2D eigenvalue weighted by Crippen LogP contribution is -2.50. The van der Waals surface area contributed by atoms with Gasteiger partial charge in [-0.3, -0.25) is 0 Å². The van der Waals surface area contributed by atoms with E-state index in [1.165, 1.54) is 6.07 Å². The molecule has 0 bridgehead atoms. The lowest BCUT2D eigenvalue weighted by atomic mass is 9.80. The van der Waals surface area contributed by atoms with Crippen molar-refractivity contribution >= 4 is 8.32 Å². The molecule has 0 aliphatic carbocycles. The lowest BCUT2D eigenvalue weighted by molar-refractivity contribution is -0.0812. The number of aryl methyl sites for hydroxylation is 1. The maximum Gasteiger partial charge on any atom is 0.192 e. The van der Waals surface area contributed by atoms with Crippen LogP contribution < -0.4 is 9.47 Å². The van der Waals surface area contributed by atoms with Crippen LogP contribution in [0.4, 0.5) is 8.78 Å². The largest absolute Gasteiger partial charge is 0.497 e. The van der Waals surface area contributed by atoms with E-state index in [0.717, 1.165) is 22.8 Å². The molecule has 5 rings (SSSR count). The van der Waals surface area contributed by atoms with Gasteiger partial charge in [0.25, 0.3) is 0 Å². The monoisotopic (exact) mass is 676 g/mol. The summed E-state index contributed by atoms with van der Waals surface area (Å²) in [6.07, 6.45) is -3.98. The Morgan fingerprint density at radius 3 is 1.79 bits per heavy atom. The molecule has 4 aromatic rings. The van der Waals surface area contributed by atoms with Gasteiger partial charge in [-0.1, -0.05) is 75.4 Å². The Hall–Kier alpha value is -3.60. The minimum absolute atomic E-state index is 0.0262. The van der Waals surface area contributed by atoms with E-state index in [-0.39, 0.29) is 22.8 Å². The Morgan fingerprint density at radius 2 is 1.29 bits per heavy atom. The van der Waals surface area contributed by atoms with Crippen LogP contribution in [0, 0.1) is 18.6 Å². The average molecular weight is 677 g/mol. The van der Waals surface area contributed by atoms with Gasteiger partial charge in [-0.05, 0) is 77.6 Å². The van der Waals surface area contributed by atoms with Crippen LogP contribution in [0.3, 0.4) is 0 Å². The molecular weight excluding hydrogens is 631 g/mol. The number of hydrogen-bond acceptors (Lipinski definition) is 6. The van der Waals surface area contributed by atoms with Crippen molar-refractivity contribution in [1.82, 2.24) is 0 Å². The minimum Gasteiger partial charge on any atom is -0.497 e. The number of methoxy groups -OCH3 is 2. The van der Waals surface area contributed by atoms with Crippen molar-refractivity contribution in [3.05, 3.63) is 130 Å². The van der Waals surface area contributed by atoms with Gasteiger partial charge in [0.1, 0.15) is 53.2 Å². The molecule has 1 unspecified atom stereocenters. The molecule has 1 fully saturated rings. The molecule has 4 atom stereocenters. The van der Waals surface area contributed by atoms with E-state index in [9.17, 15) is 9.50 Å². The third-order valence-corrected chi connectivity index (χ3v) is 14.3. The molecule has 0 amide bonds. The summed E-state index contributed by atoms with van der Waals surface area (Å²) in [6.45, 7) is 12.1. The van der Waals surface area contributed by atoms with Gasteiger partial charge in [-0.2, -0.15) is 0 Å². The number of aliphatic hydroxyl groups excluding tert-OH is 1. The van der Waals surface area contributed by atoms with Crippen molar-refractivity contribution in [2.24, 2.45) is 0 Å². The summed E-state index contributed by atoms with van der Waals surface area (Å²) in [5.74, 6) is -0.0609. The number of ether oxygens (including phenoxy) is 4. The van der Waals surface area contributed by atoms with Crippen molar-refractivity contribution in [1.29, 1.82) is 0 Å². The number of hydrogen-bond donors (Lipinski definition) is 1. The Balaban J connectivity index is 1.62. The molecule has 0 saturated carbocycles. The second-order valence-corrected chi connectivity index (χ2v) is 18.6. The fraction of sp³-hybridized carbons (Fsp3) is 0.385. The minimum atomic E-state index is -2.48. The highest BCUT2D eigenvalue weighted by Gasteiger charge is 2.51. The van der Waals surface area contributed by atoms with E-state index in [2.05, 4.69) is 33.9 Å². The molecule has 1 aliphatic rings. The number of benzene rings is 4. The fourth-order valence-electron chi connectivity index (χ4n) is 5.97. The van der Waals surface area contributed by atoms with Crippen LogP contribution in [0.2, 0.25) is 18.1 Å². The topological polar surface area (TPSA) is 66.4 Å². The molecule has 256 valence electrons. The summed E-state index contributed by atoms with van der Waals surface area (Å²) < 4.78 is 61.0. The summed E-state index contributed by atoms with van der Waals surface area (Å²) >= 11 is 0. The smallest absolute Gasteiger partial charge is 0.192 e. The first-order valence-electron chi connectivity index (χ1n) is 16.2. The Kier molecular flexibility index (Phi) is 10.5. The third kappa shape index (κ3) is 6.93. The summed E-state index contributed by atoms with van der Waals surface area (Å²) in [5, 5.41) is 11.6. The number of aliphatic hydroxyl groups is 1. The van der Waals surface area contributed by atoms with Crippen LogP contribution in [0.1, 0.15) is 54.7 Å². The number of rotatable bonds is 11. The maximum atomic E-state index is 15.3. The molecule has 1 heterocycles. The molecule has 1 aliphatic heterocycles. The summed E-state index contributed by atoms with van der Waals surface area (Å²) in [7, 11) is 0.753. The van der Waals surface area contributed by atoms with E-state index >= 15 is 4.39 Å². The van der Waals surface area contributed by atoms with Crippen LogP contribution >= 0.6 is 0 Å². The van der Waals surface area contributed by atoms with Crippen LogP contribution in [0.15, 0.2) is 91.0 Å². The zero-order chi connectivity index (χ0) is 34.9. The van der Waals surface area contributed by atoms with Gasteiger partial charge in [0.2, 0.25) is 0 Å². The van der Waals surface area contributed by atoms with Crippen LogP contribution in [0.25, 0.3) is 0 Å². The van der Waals surface area contributed by atoms with Crippen LogP contribution in [-0.4, -0.2) is 52.6 Å². The van der Waals surface area contributed by atoms with Crippen molar-refractivity contribution in [2.45, 2.75) is 75.8 Å². The molecule has 1 saturated heterocycles. The van der Waals surface area contributed by atoms with Gasteiger partial charge in [-0.25, -0.2) is 8.78 Å². The van der Waals surface area contributed by atoms with E-state index < -0.39 is 50.0 Å². The molecule has 0 spiro atoms. The maximum absolute atomic E-state index is 15.3. The Labute approximate surface area is 283 Å². The second-order valence-electron chi connectivity index (χ2n) is 13.9. The van der Waals surface area contributed by atoms with Gasteiger partial charge >= 0.3 is 0 Å². The highest BCUT2D eigenvalue weighted by Crippen LogP contribution is 2.46. The van der Waals surface area contributed by atoms with E-state index in [4.69, 9.17) is 23.4 Å². The lowest BCUT2D eigenvalue weighted by Gasteiger charge is -2.41. The van der Waals surface area contributed by atoms with Gasteiger partial charge in [0.15, 0.2) is 8.32 Å². The first kappa shape index (κ1) is 35.7. The summed E-state index contributed by atoms with van der Waals surface area (Å²) in [4.78, 5) is 0. The summed E-state index contributed by atoms with van der Waals surface area (Å²) in [5.41, 5.74) is 1.70. The fourth-order valence-corrected chi connectivity index (χ4v) is 7.30. The Bertz CT molecular complexity index is 1620. The molecule has 0 radical (unpaired) electrons. The van der Waals surface area contributed by atoms with E-state index in [0.29, 0.717) is 11.5 Å². The SMILES string of the molecule is COc1ccc(C(OC[C@H]2O[C@@H](c3cc(C)c(F)cc3F)[C@@H](O)C2O[Si](C)(C)C(C)(C)C)(c2ccccc2)c2ccc(OC)cc2)cc1. The van der Waals surface area contributed by atoms with Crippen LogP contribution in [0.5, 0.6) is 11.5 Å². The first-order valence-corrected chi connectivity index (χ1v) is 19.1. The molecule has 9 heteroatoms. The van der Waals surface area contributed by atoms with Crippen molar-refractivity contribution in [2.75, 3.05) is 20.8 Å². The second kappa shape index (κ2) is 14.1. The summed E-state index contributed by atoms with van der Waals surface area (Å²) in [6, 6.07) is 27.5. The van der Waals surface area contributed by atoms with Gasteiger partial charge < -0.3 is 28.5 Å². The zero-order valence-corrected chi connectivity index (χ0v) is 29.9. The predicted molar refractivity (Wildman–Crippen MR) is 185 cm³/mol. The molecular formula is C39H46F2O6Si. The van der Waals surface area contributed by atoms with Crippen molar-refractivity contribution < 1.29 is 37.3 Å². The standard InChI is InChI=1S/C39H46F2O6Si/c1-25-22-31(33(41)23-32(25)40)36-35(42)37(47-48(7,8)38(2,3)4)34(46-36)24-45-39(26-12-10-9-11-13-26,27-14-18-29(43-5)19-15-27)28-16-20-30(44-6)21-17-28/h9-23,34-37,42H,24H2,1-8H3/t34-,35-,36+,37?/m1/s1. The van der Waals surface area contributed by atoms with Gasteiger partial charge in [-0.15, -0.1) is 0 Å². The first-order chi connectivity index (χ1) is 22.7. The third-order valence-electron chi connectivity index (χ3n) is 9.79. The molecule has 1 N–H and O–H groups in total. The van der Waals surface area contributed by atoms with Gasteiger partial charge in [0, 0.05) is 11.6 Å². The molecule has 48 heavy (non-hydrogen) atoms. The normalized spacial score (nSPS) is 20.1. The van der Waals surface area contributed by atoms with Crippen molar-refractivity contribution in [3.8, 4) is 11.5 Å². The van der Waals surface area contributed by atoms with Crippen molar-refractivity contribution in [3.63, 3.8) is 0 Å². The Morgan fingerprint density at radius 1 is 0.771 bits per heavy atom. The zero-order valence-electron chi connectivity index (χ0n) is 28.9. The van der Waals surface area contributed by atoms with Crippen LogP contribution in [-0.2, 0) is 19.5 Å². The van der Waals surface area contributed by atoms with Gasteiger partial charge in [0.05, 0.1) is 20.8 Å². The number of halogens is 2. The molecule has 4 aromatic carbocycles. The average Bonchev–Trinajstić information content (AvgIpc) is 3.37. The quantitative estimate of drug-likeness (QED) is 0.127. The van der Waals surface area contributed by atoms with E-state index in [1.54, 1.807) is 21.1 Å². The molecule has 0 aromatic heterocycles. The van der Waals surface area contributed by atoms with E-state index in [1.807, 2.05) is 78.9 Å². The highest BCUT2D eigenvalue weighted by molar-refractivity contribution is 6.74. The molecule has 6 nitrogen and oxygen atoms in total. The predicted octanol–water partition coefficient (Wildman–Crippen LogP) is 8.49. The highest BCUT2D eigenvalue weighted by atomic mass is 28.4.